The fourth-order valence-corrected chi connectivity index (χ4v) is 2.84. The van der Waals surface area contributed by atoms with Crippen molar-refractivity contribution in [1.29, 1.82) is 0 Å². The van der Waals surface area contributed by atoms with Crippen LogP contribution in [0.1, 0.15) is 18.9 Å². The van der Waals surface area contributed by atoms with Gasteiger partial charge in [-0.1, -0.05) is 37.3 Å². The molecule has 1 fully saturated rings. The molecule has 5 heteroatoms. The van der Waals surface area contributed by atoms with Crippen molar-refractivity contribution in [3.63, 3.8) is 0 Å². The van der Waals surface area contributed by atoms with E-state index in [2.05, 4.69) is 29.3 Å². The Morgan fingerprint density at radius 2 is 1.90 bits per heavy atom. The molecule has 112 valence electrons. The molecule has 1 N–H and O–H groups in total. The molecule has 0 saturated carbocycles. The molecule has 1 aliphatic rings. The summed E-state index contributed by atoms with van der Waals surface area (Å²) in [6.07, 6.45) is -3.33. The molecule has 1 aliphatic heterocycles. The van der Waals surface area contributed by atoms with E-state index in [1.54, 1.807) is 0 Å². The standard InChI is InChI=1S/C15H21F3N2/c1-12-7-14(19-11-15(16,17)18)10-20(8-12)9-13-5-3-2-4-6-13/h2-6,12,14,19H,7-11H2,1H3. The predicted molar refractivity (Wildman–Crippen MR) is 73.3 cm³/mol. The number of hydrogen-bond donors (Lipinski definition) is 1. The third-order valence-electron chi connectivity index (χ3n) is 3.58. The van der Waals surface area contributed by atoms with Gasteiger partial charge in [0.2, 0.25) is 0 Å². The van der Waals surface area contributed by atoms with Crippen LogP contribution in [0, 0.1) is 5.92 Å². The zero-order valence-electron chi connectivity index (χ0n) is 11.7. The average Bonchev–Trinajstić information content (AvgIpc) is 2.36. The topological polar surface area (TPSA) is 15.3 Å². The number of nitrogens with zero attached hydrogens (tertiary/aromatic N) is 1. The van der Waals surface area contributed by atoms with Gasteiger partial charge in [0.1, 0.15) is 0 Å². The van der Waals surface area contributed by atoms with Crippen molar-refractivity contribution in [2.75, 3.05) is 19.6 Å². The molecule has 2 atom stereocenters. The third-order valence-corrected chi connectivity index (χ3v) is 3.58. The first-order valence-corrected chi connectivity index (χ1v) is 6.99. The van der Waals surface area contributed by atoms with Crippen molar-refractivity contribution in [3.8, 4) is 0 Å². The molecule has 1 aromatic rings. The maximum Gasteiger partial charge on any atom is 0.401 e. The van der Waals surface area contributed by atoms with Crippen molar-refractivity contribution in [2.45, 2.75) is 32.1 Å². The average molecular weight is 286 g/mol. The Labute approximate surface area is 118 Å². The summed E-state index contributed by atoms with van der Waals surface area (Å²) in [6.45, 7) is 3.62. The number of alkyl halides is 3. The van der Waals surface area contributed by atoms with Crippen molar-refractivity contribution < 1.29 is 13.2 Å². The van der Waals surface area contributed by atoms with Gasteiger partial charge in [-0.05, 0) is 17.9 Å². The minimum Gasteiger partial charge on any atom is -0.305 e. The fourth-order valence-electron chi connectivity index (χ4n) is 2.84. The van der Waals surface area contributed by atoms with Crippen LogP contribution in [-0.4, -0.2) is 36.8 Å². The molecule has 0 bridgehead atoms. The van der Waals surface area contributed by atoms with Crippen LogP contribution in [0.15, 0.2) is 30.3 Å². The van der Waals surface area contributed by atoms with Gasteiger partial charge in [0, 0.05) is 25.7 Å². The molecule has 1 heterocycles. The first-order valence-electron chi connectivity index (χ1n) is 6.99. The molecule has 2 nitrogen and oxygen atoms in total. The lowest BCUT2D eigenvalue weighted by Crippen LogP contribution is -2.50. The summed E-state index contributed by atoms with van der Waals surface area (Å²) in [4.78, 5) is 2.23. The van der Waals surface area contributed by atoms with Gasteiger partial charge >= 0.3 is 6.18 Å². The molecule has 20 heavy (non-hydrogen) atoms. The van der Waals surface area contributed by atoms with Crippen LogP contribution in [0.2, 0.25) is 0 Å². The number of rotatable bonds is 4. The van der Waals surface area contributed by atoms with E-state index in [1.807, 2.05) is 18.2 Å². The molecule has 2 unspecified atom stereocenters. The van der Waals surface area contributed by atoms with Gasteiger partial charge in [0.25, 0.3) is 0 Å². The molecule has 1 aromatic carbocycles. The highest BCUT2D eigenvalue weighted by Crippen LogP contribution is 2.20. The van der Waals surface area contributed by atoms with Crippen LogP contribution in [-0.2, 0) is 6.54 Å². The zero-order valence-corrected chi connectivity index (χ0v) is 11.7. The van der Waals surface area contributed by atoms with Crippen LogP contribution in [0.25, 0.3) is 0 Å². The van der Waals surface area contributed by atoms with Crippen LogP contribution >= 0.6 is 0 Å². The molecular weight excluding hydrogens is 265 g/mol. The number of hydrogen-bond acceptors (Lipinski definition) is 2. The van der Waals surface area contributed by atoms with Gasteiger partial charge in [0.15, 0.2) is 0 Å². The Bertz CT molecular complexity index is 405. The molecule has 2 rings (SSSR count). The van der Waals surface area contributed by atoms with Crippen LogP contribution in [0.5, 0.6) is 0 Å². The van der Waals surface area contributed by atoms with Gasteiger partial charge < -0.3 is 5.32 Å². The van der Waals surface area contributed by atoms with E-state index in [-0.39, 0.29) is 6.04 Å². The lowest BCUT2D eigenvalue weighted by molar-refractivity contribution is -0.127. The Kier molecular flexibility index (Phi) is 5.05. The number of nitrogens with one attached hydrogen (secondary N) is 1. The smallest absolute Gasteiger partial charge is 0.305 e. The monoisotopic (exact) mass is 286 g/mol. The van der Waals surface area contributed by atoms with Gasteiger partial charge in [-0.15, -0.1) is 0 Å². The van der Waals surface area contributed by atoms with E-state index in [4.69, 9.17) is 0 Å². The first-order chi connectivity index (χ1) is 9.42. The largest absolute Gasteiger partial charge is 0.401 e. The van der Waals surface area contributed by atoms with E-state index >= 15 is 0 Å². The summed E-state index contributed by atoms with van der Waals surface area (Å²) in [7, 11) is 0. The highest BCUT2D eigenvalue weighted by Gasteiger charge is 2.31. The van der Waals surface area contributed by atoms with Gasteiger partial charge in [-0.2, -0.15) is 13.2 Å². The van der Waals surface area contributed by atoms with E-state index in [0.29, 0.717) is 12.5 Å². The Morgan fingerprint density at radius 1 is 1.20 bits per heavy atom. The maximum absolute atomic E-state index is 12.3. The number of likely N-dealkylation sites (tertiary alicyclic amines) is 1. The number of piperidine rings is 1. The summed E-state index contributed by atoms with van der Waals surface area (Å²) in [5.41, 5.74) is 1.20. The highest BCUT2D eigenvalue weighted by atomic mass is 19.4. The number of halogens is 3. The number of benzene rings is 1. The lowest BCUT2D eigenvalue weighted by Gasteiger charge is -2.37. The minimum absolute atomic E-state index is 0.0795. The Balaban J connectivity index is 1.88. The molecule has 0 aliphatic carbocycles. The summed E-state index contributed by atoms with van der Waals surface area (Å²) in [6, 6.07) is 9.97. The second-order valence-electron chi connectivity index (χ2n) is 5.71. The van der Waals surface area contributed by atoms with E-state index < -0.39 is 12.7 Å². The van der Waals surface area contributed by atoms with E-state index in [0.717, 1.165) is 19.5 Å². The SMILES string of the molecule is CC1CC(NCC(F)(F)F)CN(Cc2ccccc2)C1. The van der Waals surface area contributed by atoms with Crippen molar-refractivity contribution in [1.82, 2.24) is 10.2 Å². The zero-order chi connectivity index (χ0) is 14.6. The Hall–Kier alpha value is -1.07. The molecule has 0 radical (unpaired) electrons. The fraction of sp³-hybridized carbons (Fsp3) is 0.600. The molecule has 0 amide bonds. The van der Waals surface area contributed by atoms with Gasteiger partial charge in [-0.25, -0.2) is 0 Å². The van der Waals surface area contributed by atoms with Crippen molar-refractivity contribution >= 4 is 0 Å². The summed E-state index contributed by atoms with van der Waals surface area (Å²) in [5, 5.41) is 2.64. The van der Waals surface area contributed by atoms with Crippen LogP contribution in [0.4, 0.5) is 13.2 Å². The second kappa shape index (κ2) is 6.59. The van der Waals surface area contributed by atoms with Crippen molar-refractivity contribution in [3.05, 3.63) is 35.9 Å². The molecule has 0 spiro atoms. The van der Waals surface area contributed by atoms with Gasteiger partial charge in [-0.3, -0.25) is 4.90 Å². The minimum atomic E-state index is -4.13. The van der Waals surface area contributed by atoms with Gasteiger partial charge in [0.05, 0.1) is 6.54 Å². The predicted octanol–water partition coefficient (Wildman–Crippen LogP) is 3.05. The third kappa shape index (κ3) is 5.13. The Morgan fingerprint density at radius 3 is 2.55 bits per heavy atom. The quantitative estimate of drug-likeness (QED) is 0.915. The molecule has 0 aromatic heterocycles. The van der Waals surface area contributed by atoms with E-state index in [9.17, 15) is 13.2 Å². The lowest BCUT2D eigenvalue weighted by atomic mass is 9.95. The van der Waals surface area contributed by atoms with Crippen LogP contribution in [0.3, 0.4) is 0 Å². The van der Waals surface area contributed by atoms with Crippen molar-refractivity contribution in [2.24, 2.45) is 5.92 Å². The second-order valence-corrected chi connectivity index (χ2v) is 5.71. The first kappa shape index (κ1) is 15.3. The normalized spacial score (nSPS) is 24.8. The highest BCUT2D eigenvalue weighted by molar-refractivity contribution is 5.14. The van der Waals surface area contributed by atoms with E-state index in [1.165, 1.54) is 5.56 Å². The summed E-state index contributed by atoms with van der Waals surface area (Å²) >= 11 is 0. The molecule has 1 saturated heterocycles. The summed E-state index contributed by atoms with van der Waals surface area (Å²) < 4.78 is 36.8. The van der Waals surface area contributed by atoms with Crippen LogP contribution < -0.4 is 5.32 Å². The maximum atomic E-state index is 12.3. The molecular formula is C15H21F3N2. The summed E-state index contributed by atoms with van der Waals surface area (Å²) in [5.74, 6) is 0.415.